The number of amides is 1. The molecule has 4 N–H and O–H groups in total. The molecule has 2 aliphatic heterocycles. The minimum atomic E-state index is -1.28. The van der Waals surface area contributed by atoms with Gasteiger partial charge in [0.1, 0.15) is 12.0 Å². The van der Waals surface area contributed by atoms with Gasteiger partial charge in [-0.15, -0.1) is 0 Å². The number of nitrogens with two attached hydrogens (primary N) is 1. The zero-order chi connectivity index (χ0) is 21.7. The number of aromatic amines is 1. The van der Waals surface area contributed by atoms with Crippen LogP contribution in [0.2, 0.25) is 0 Å². The molecule has 3 unspecified atom stereocenters. The zero-order valence-corrected chi connectivity index (χ0v) is 17.4. The van der Waals surface area contributed by atoms with Crippen LogP contribution in [0.5, 0.6) is 0 Å². The van der Waals surface area contributed by atoms with E-state index in [-0.39, 0.29) is 17.6 Å². The average molecular weight is 423 g/mol. The highest BCUT2D eigenvalue weighted by Crippen LogP contribution is 2.42. The molecular weight excluding hydrogens is 395 g/mol. The molecule has 162 valence electrons. The van der Waals surface area contributed by atoms with Gasteiger partial charge in [-0.05, 0) is 42.9 Å². The summed E-state index contributed by atoms with van der Waals surface area (Å²) >= 11 is 0. The minimum Gasteiger partial charge on any atom is -0.374 e. The van der Waals surface area contributed by atoms with Crippen LogP contribution in [0.4, 0.5) is 10.1 Å². The number of aromatic nitrogens is 1. The van der Waals surface area contributed by atoms with Gasteiger partial charge in [-0.25, -0.2) is 4.39 Å². The van der Waals surface area contributed by atoms with E-state index >= 15 is 4.39 Å². The molecule has 0 bridgehead atoms. The van der Waals surface area contributed by atoms with Gasteiger partial charge in [0.05, 0.1) is 11.2 Å². The van der Waals surface area contributed by atoms with Crippen LogP contribution >= 0.6 is 0 Å². The van der Waals surface area contributed by atoms with Gasteiger partial charge in [-0.3, -0.25) is 4.79 Å². The van der Waals surface area contributed by atoms with E-state index in [0.29, 0.717) is 35.8 Å². The van der Waals surface area contributed by atoms with Crippen molar-refractivity contribution in [3.8, 4) is 0 Å². The van der Waals surface area contributed by atoms with E-state index in [9.17, 15) is 9.90 Å². The summed E-state index contributed by atoms with van der Waals surface area (Å²) in [5.74, 6) is 0.398. The summed E-state index contributed by atoms with van der Waals surface area (Å²) in [5.41, 5.74) is 8.19. The lowest BCUT2D eigenvalue weighted by molar-refractivity contribution is -0.128. The van der Waals surface area contributed by atoms with E-state index in [1.165, 1.54) is 12.1 Å². The quantitative estimate of drug-likeness (QED) is 0.447. The van der Waals surface area contributed by atoms with E-state index in [0.717, 1.165) is 42.2 Å². The van der Waals surface area contributed by atoms with Crippen molar-refractivity contribution in [2.24, 2.45) is 17.6 Å². The summed E-state index contributed by atoms with van der Waals surface area (Å²) in [6, 6.07) is 9.09. The highest BCUT2D eigenvalue weighted by molar-refractivity contribution is 6.14. The number of nitrogens with one attached hydrogen (secondary N) is 1. The fourth-order valence-corrected chi connectivity index (χ4v) is 5.44. The molecule has 0 radical (unpaired) electrons. The lowest BCUT2D eigenvalue weighted by Gasteiger charge is -2.45. The second kappa shape index (κ2) is 7.66. The number of likely N-dealkylation sites (tertiary alicyclic amines) is 1. The van der Waals surface area contributed by atoms with Crippen molar-refractivity contribution in [2.75, 3.05) is 31.1 Å². The van der Waals surface area contributed by atoms with Gasteiger partial charge in [0.15, 0.2) is 0 Å². The second-order valence-corrected chi connectivity index (χ2v) is 8.69. The zero-order valence-electron chi connectivity index (χ0n) is 17.4. The number of carbonyl (C=O) groups excluding carboxylic acids is 1. The third kappa shape index (κ3) is 3.28. The van der Waals surface area contributed by atoms with Crippen LogP contribution in [0.15, 0.2) is 43.0 Å². The molecule has 2 fully saturated rings. The summed E-state index contributed by atoms with van der Waals surface area (Å²) < 4.78 is 15.5. The highest BCUT2D eigenvalue weighted by atomic mass is 19.1. The van der Waals surface area contributed by atoms with Crippen molar-refractivity contribution in [1.29, 1.82) is 0 Å². The van der Waals surface area contributed by atoms with Gasteiger partial charge >= 0.3 is 0 Å². The van der Waals surface area contributed by atoms with E-state index in [4.69, 9.17) is 5.73 Å². The van der Waals surface area contributed by atoms with Crippen LogP contribution in [0.3, 0.4) is 0 Å². The maximum atomic E-state index is 15.5. The van der Waals surface area contributed by atoms with Gasteiger partial charge in [0.2, 0.25) is 5.91 Å². The minimum absolute atomic E-state index is 0.0398. The van der Waals surface area contributed by atoms with E-state index in [2.05, 4.69) is 16.5 Å². The number of aliphatic hydroxyl groups is 1. The molecule has 1 amide bonds. The van der Waals surface area contributed by atoms with Crippen molar-refractivity contribution in [3.63, 3.8) is 0 Å². The summed E-state index contributed by atoms with van der Waals surface area (Å²) in [6.45, 7) is 6.48. The molecule has 2 aromatic carbocycles. The lowest BCUT2D eigenvalue weighted by atomic mass is 9.79. The van der Waals surface area contributed by atoms with Gasteiger partial charge < -0.3 is 25.6 Å². The Morgan fingerprint density at radius 3 is 2.81 bits per heavy atom. The number of para-hydroxylation sites is 1. The standard InChI is InChI=1S/C24H27FN4O2/c1-2-20(30)28-9-7-14-8-10-29(13-15(14)12-28)23-18(25)11-17(24(26)31)22-21(23)16-5-3-4-6-19(16)27-22/h2-6,11,14-15,24,27,31H,1,7-10,12-13,26H2. The molecular formula is C24H27FN4O2. The molecule has 3 atom stereocenters. The van der Waals surface area contributed by atoms with Crippen molar-refractivity contribution in [2.45, 2.75) is 19.1 Å². The first kappa shape index (κ1) is 20.0. The molecule has 0 saturated carbocycles. The summed E-state index contributed by atoms with van der Waals surface area (Å²) in [7, 11) is 0. The number of anilines is 1. The number of benzene rings is 2. The first-order valence-corrected chi connectivity index (χ1v) is 10.8. The van der Waals surface area contributed by atoms with Crippen molar-refractivity contribution in [1.82, 2.24) is 9.88 Å². The molecule has 1 aromatic heterocycles. The number of carbonyl (C=O) groups is 1. The molecule has 5 rings (SSSR count). The monoisotopic (exact) mass is 422 g/mol. The van der Waals surface area contributed by atoms with E-state index in [1.54, 1.807) is 0 Å². The van der Waals surface area contributed by atoms with Crippen molar-refractivity contribution >= 4 is 33.4 Å². The Morgan fingerprint density at radius 2 is 2.03 bits per heavy atom. The number of piperidine rings is 2. The predicted molar refractivity (Wildman–Crippen MR) is 120 cm³/mol. The Morgan fingerprint density at radius 1 is 1.26 bits per heavy atom. The molecule has 2 saturated heterocycles. The fourth-order valence-electron chi connectivity index (χ4n) is 5.44. The van der Waals surface area contributed by atoms with Gasteiger partial charge in [-0.2, -0.15) is 0 Å². The number of hydrogen-bond acceptors (Lipinski definition) is 4. The van der Waals surface area contributed by atoms with Crippen LogP contribution in [0, 0.1) is 17.7 Å². The molecule has 7 heteroatoms. The Bertz CT molecular complexity index is 1170. The van der Waals surface area contributed by atoms with Crippen molar-refractivity contribution in [3.05, 3.63) is 54.4 Å². The summed E-state index contributed by atoms with van der Waals surface area (Å²) in [5, 5.41) is 11.7. The second-order valence-electron chi connectivity index (χ2n) is 8.69. The van der Waals surface area contributed by atoms with Gasteiger partial charge in [0.25, 0.3) is 0 Å². The first-order valence-electron chi connectivity index (χ1n) is 10.8. The number of hydrogen-bond donors (Lipinski definition) is 3. The fraction of sp³-hybridized carbons (Fsp3) is 0.375. The highest BCUT2D eigenvalue weighted by Gasteiger charge is 2.36. The van der Waals surface area contributed by atoms with Crippen LogP contribution in [0.25, 0.3) is 21.8 Å². The molecule has 31 heavy (non-hydrogen) atoms. The average Bonchev–Trinajstić information content (AvgIpc) is 3.16. The normalized spacial score (nSPS) is 22.5. The lowest BCUT2D eigenvalue weighted by Crippen LogP contribution is -2.51. The first-order chi connectivity index (χ1) is 15.0. The Kier molecular flexibility index (Phi) is 4.95. The largest absolute Gasteiger partial charge is 0.374 e. The van der Waals surface area contributed by atoms with Crippen LogP contribution in [0.1, 0.15) is 24.6 Å². The Labute approximate surface area is 180 Å². The molecule has 3 aromatic rings. The topological polar surface area (TPSA) is 85.6 Å². The van der Waals surface area contributed by atoms with E-state index in [1.807, 2.05) is 29.2 Å². The summed E-state index contributed by atoms with van der Waals surface area (Å²) in [6.07, 6.45) is 2.03. The Hall–Kier alpha value is -2.90. The van der Waals surface area contributed by atoms with Crippen molar-refractivity contribution < 1.29 is 14.3 Å². The summed E-state index contributed by atoms with van der Waals surface area (Å²) in [4.78, 5) is 19.4. The number of nitrogens with zero attached hydrogens (tertiary/aromatic N) is 2. The number of H-pyrrole nitrogens is 1. The molecule has 0 aliphatic carbocycles. The number of aliphatic hydroxyl groups excluding tert-OH is 1. The molecule has 3 heterocycles. The molecule has 2 aliphatic rings. The van der Waals surface area contributed by atoms with Gasteiger partial charge in [0, 0.05) is 48.0 Å². The van der Waals surface area contributed by atoms with Gasteiger partial charge in [-0.1, -0.05) is 24.8 Å². The SMILES string of the molecule is C=CC(=O)N1CCC2CCN(c3c(F)cc(C(N)O)c4[nH]c5ccccc5c34)CC2C1. The van der Waals surface area contributed by atoms with Crippen LogP contribution in [-0.4, -0.2) is 47.1 Å². The Balaban J connectivity index is 1.59. The van der Waals surface area contributed by atoms with E-state index < -0.39 is 6.23 Å². The smallest absolute Gasteiger partial charge is 0.245 e. The molecule has 0 spiro atoms. The predicted octanol–water partition coefficient (Wildman–Crippen LogP) is 3.27. The maximum Gasteiger partial charge on any atom is 0.245 e. The third-order valence-electron chi connectivity index (χ3n) is 6.98. The van der Waals surface area contributed by atoms with Crippen LogP contribution < -0.4 is 10.6 Å². The number of rotatable bonds is 3. The molecule has 6 nitrogen and oxygen atoms in total. The maximum absolute atomic E-state index is 15.5. The number of fused-ring (bicyclic) bond motifs is 4. The van der Waals surface area contributed by atoms with Crippen LogP contribution in [-0.2, 0) is 4.79 Å². The third-order valence-corrected chi connectivity index (χ3v) is 6.98. The number of halogens is 1.